The molecule has 0 saturated carbocycles. The highest BCUT2D eigenvalue weighted by Crippen LogP contribution is 2.36. The number of fused-ring (bicyclic) bond motifs is 1. The highest BCUT2D eigenvalue weighted by Gasteiger charge is 2.33. The van der Waals surface area contributed by atoms with Gasteiger partial charge in [0.05, 0.1) is 6.10 Å². The first-order chi connectivity index (χ1) is 8.45. The van der Waals surface area contributed by atoms with Crippen LogP contribution >= 0.6 is 11.3 Å². The van der Waals surface area contributed by atoms with E-state index in [-0.39, 0.29) is 11.5 Å². The van der Waals surface area contributed by atoms with Gasteiger partial charge < -0.3 is 9.84 Å². The molecule has 2 rings (SSSR count). The van der Waals surface area contributed by atoms with Crippen molar-refractivity contribution < 1.29 is 9.84 Å². The summed E-state index contributed by atoms with van der Waals surface area (Å²) in [7, 11) is 1.66. The molecule has 0 aliphatic rings. The van der Waals surface area contributed by atoms with Crippen LogP contribution in [-0.4, -0.2) is 18.3 Å². The lowest BCUT2D eigenvalue weighted by Gasteiger charge is -2.33. The number of methoxy groups -OCH3 is 1. The monoisotopic (exact) mass is 264 g/mol. The van der Waals surface area contributed by atoms with Gasteiger partial charge in [0, 0.05) is 17.4 Å². The Morgan fingerprint density at radius 3 is 2.56 bits per heavy atom. The minimum Gasteiger partial charge on any atom is -0.386 e. The van der Waals surface area contributed by atoms with Crippen LogP contribution in [0.4, 0.5) is 0 Å². The molecule has 2 nitrogen and oxygen atoms in total. The van der Waals surface area contributed by atoms with E-state index in [9.17, 15) is 5.11 Å². The molecular formula is C15H20O2S. The molecular weight excluding hydrogens is 244 g/mol. The normalized spacial score (nSPS) is 15.8. The maximum atomic E-state index is 10.6. The second-order valence-corrected chi connectivity index (χ2v) is 6.57. The van der Waals surface area contributed by atoms with Crippen molar-refractivity contribution in [2.75, 3.05) is 7.11 Å². The van der Waals surface area contributed by atoms with Crippen LogP contribution in [0.1, 0.15) is 32.4 Å². The summed E-state index contributed by atoms with van der Waals surface area (Å²) in [4.78, 5) is 0. The lowest BCUT2D eigenvalue weighted by molar-refractivity contribution is -0.0718. The van der Waals surface area contributed by atoms with Crippen molar-refractivity contribution >= 4 is 21.4 Å². The molecule has 1 aromatic heterocycles. The zero-order chi connectivity index (χ0) is 13.3. The third kappa shape index (κ3) is 2.44. The van der Waals surface area contributed by atoms with Gasteiger partial charge in [0.25, 0.3) is 0 Å². The summed E-state index contributed by atoms with van der Waals surface area (Å²) in [6, 6.07) is 8.13. The molecule has 0 fully saturated rings. The molecule has 2 unspecified atom stereocenters. The Balaban J connectivity index is 2.44. The zero-order valence-corrected chi connectivity index (χ0v) is 12.1. The van der Waals surface area contributed by atoms with E-state index in [0.717, 1.165) is 10.3 Å². The molecule has 0 radical (unpaired) electrons. The standard InChI is InChI=1S/C15H20O2S/c1-15(2,3)14(17-4)12(16)11-7-5-6-10-8-9-18-13(10)11/h5-9,12,14,16H,1-4H3. The van der Waals surface area contributed by atoms with E-state index in [0.29, 0.717) is 0 Å². The third-order valence-corrected chi connectivity index (χ3v) is 4.20. The zero-order valence-electron chi connectivity index (χ0n) is 11.3. The molecule has 2 atom stereocenters. The topological polar surface area (TPSA) is 29.5 Å². The predicted molar refractivity (Wildman–Crippen MR) is 77.0 cm³/mol. The van der Waals surface area contributed by atoms with Crippen LogP contribution in [0.2, 0.25) is 0 Å². The number of aliphatic hydroxyl groups is 1. The van der Waals surface area contributed by atoms with E-state index in [2.05, 4.69) is 38.3 Å². The van der Waals surface area contributed by atoms with Crippen LogP contribution in [0.25, 0.3) is 10.1 Å². The van der Waals surface area contributed by atoms with Crippen LogP contribution in [-0.2, 0) is 4.74 Å². The quantitative estimate of drug-likeness (QED) is 0.908. The summed E-state index contributed by atoms with van der Waals surface area (Å²) in [5.74, 6) is 0. The Bertz CT molecular complexity index is 525. The molecule has 0 aliphatic heterocycles. The first-order valence-electron chi connectivity index (χ1n) is 6.12. The number of aliphatic hydroxyl groups excluding tert-OH is 1. The molecule has 0 saturated heterocycles. The smallest absolute Gasteiger partial charge is 0.107 e. The molecule has 98 valence electrons. The van der Waals surface area contributed by atoms with Gasteiger partial charge >= 0.3 is 0 Å². The fraction of sp³-hybridized carbons (Fsp3) is 0.467. The molecule has 0 aliphatic carbocycles. The molecule has 1 heterocycles. The summed E-state index contributed by atoms with van der Waals surface area (Å²) in [6.45, 7) is 6.25. The van der Waals surface area contributed by atoms with Crippen LogP contribution < -0.4 is 0 Å². The maximum absolute atomic E-state index is 10.6. The van der Waals surface area contributed by atoms with Gasteiger partial charge in [0.2, 0.25) is 0 Å². The lowest BCUT2D eigenvalue weighted by atomic mass is 9.83. The van der Waals surface area contributed by atoms with Crippen molar-refractivity contribution in [2.45, 2.75) is 33.0 Å². The first-order valence-corrected chi connectivity index (χ1v) is 7.00. The van der Waals surface area contributed by atoms with Crippen molar-refractivity contribution in [2.24, 2.45) is 5.41 Å². The summed E-state index contributed by atoms with van der Waals surface area (Å²) in [5, 5.41) is 13.9. The SMILES string of the molecule is COC(C(O)c1cccc2ccsc12)C(C)(C)C. The van der Waals surface area contributed by atoms with Gasteiger partial charge in [0.15, 0.2) is 0 Å². The van der Waals surface area contributed by atoms with Gasteiger partial charge in [-0.3, -0.25) is 0 Å². The van der Waals surface area contributed by atoms with E-state index < -0.39 is 6.10 Å². The van der Waals surface area contributed by atoms with Gasteiger partial charge in [0.1, 0.15) is 6.10 Å². The molecule has 0 amide bonds. The number of ether oxygens (including phenoxy) is 1. The Morgan fingerprint density at radius 1 is 1.22 bits per heavy atom. The molecule has 1 N–H and O–H groups in total. The summed E-state index contributed by atoms with van der Waals surface area (Å²) in [6.07, 6.45) is -0.817. The van der Waals surface area contributed by atoms with Crippen LogP contribution in [0, 0.1) is 5.41 Å². The summed E-state index contributed by atoms with van der Waals surface area (Å²) >= 11 is 1.67. The fourth-order valence-electron chi connectivity index (χ4n) is 2.37. The second-order valence-electron chi connectivity index (χ2n) is 5.65. The molecule has 0 bridgehead atoms. The highest BCUT2D eigenvalue weighted by atomic mass is 32.1. The van der Waals surface area contributed by atoms with Crippen molar-refractivity contribution in [1.82, 2.24) is 0 Å². The number of thiophene rings is 1. The molecule has 3 heteroatoms. The molecule has 18 heavy (non-hydrogen) atoms. The van der Waals surface area contributed by atoms with E-state index in [4.69, 9.17) is 4.74 Å². The van der Waals surface area contributed by atoms with Crippen molar-refractivity contribution in [3.8, 4) is 0 Å². The van der Waals surface area contributed by atoms with E-state index >= 15 is 0 Å². The minimum absolute atomic E-state index is 0.104. The van der Waals surface area contributed by atoms with Gasteiger partial charge in [-0.15, -0.1) is 11.3 Å². The van der Waals surface area contributed by atoms with E-state index in [1.807, 2.05) is 12.1 Å². The Hall–Kier alpha value is -0.900. The van der Waals surface area contributed by atoms with Crippen molar-refractivity contribution in [3.05, 3.63) is 35.2 Å². The van der Waals surface area contributed by atoms with Gasteiger partial charge in [-0.1, -0.05) is 39.0 Å². The molecule has 0 spiro atoms. The number of hydrogen-bond acceptors (Lipinski definition) is 3. The molecule has 1 aromatic carbocycles. The van der Waals surface area contributed by atoms with Gasteiger partial charge in [-0.25, -0.2) is 0 Å². The van der Waals surface area contributed by atoms with Crippen molar-refractivity contribution in [3.63, 3.8) is 0 Å². The predicted octanol–water partition coefficient (Wildman–Crippen LogP) is 4.00. The Kier molecular flexibility index (Phi) is 3.76. The number of benzene rings is 1. The summed E-state index contributed by atoms with van der Waals surface area (Å²) < 4.78 is 6.66. The maximum Gasteiger partial charge on any atom is 0.107 e. The van der Waals surface area contributed by atoms with Crippen LogP contribution in [0.3, 0.4) is 0 Å². The number of rotatable bonds is 3. The highest BCUT2D eigenvalue weighted by molar-refractivity contribution is 7.17. The minimum atomic E-state index is -0.600. The second kappa shape index (κ2) is 5.00. The Labute approximate surface area is 112 Å². The van der Waals surface area contributed by atoms with Crippen LogP contribution in [0.15, 0.2) is 29.6 Å². The van der Waals surface area contributed by atoms with Crippen molar-refractivity contribution in [1.29, 1.82) is 0 Å². The first kappa shape index (κ1) is 13.5. The lowest BCUT2D eigenvalue weighted by Crippen LogP contribution is -2.34. The third-order valence-electron chi connectivity index (χ3n) is 3.22. The van der Waals surface area contributed by atoms with Gasteiger partial charge in [-0.05, 0) is 22.2 Å². The van der Waals surface area contributed by atoms with Crippen LogP contribution in [0.5, 0.6) is 0 Å². The largest absolute Gasteiger partial charge is 0.386 e. The van der Waals surface area contributed by atoms with Gasteiger partial charge in [-0.2, -0.15) is 0 Å². The molecule has 2 aromatic rings. The average molecular weight is 264 g/mol. The fourth-order valence-corrected chi connectivity index (χ4v) is 3.32. The average Bonchev–Trinajstić information content (AvgIpc) is 2.75. The van der Waals surface area contributed by atoms with E-state index in [1.54, 1.807) is 18.4 Å². The Morgan fingerprint density at radius 2 is 1.94 bits per heavy atom. The summed E-state index contributed by atoms with van der Waals surface area (Å²) in [5.41, 5.74) is 0.859. The van der Waals surface area contributed by atoms with E-state index in [1.165, 1.54) is 5.39 Å². The number of hydrogen-bond donors (Lipinski definition) is 1.